The summed E-state index contributed by atoms with van der Waals surface area (Å²) < 4.78 is 17.0. The van der Waals surface area contributed by atoms with Gasteiger partial charge in [0.1, 0.15) is 5.82 Å². The van der Waals surface area contributed by atoms with E-state index in [1.165, 1.54) is 12.1 Å². The first kappa shape index (κ1) is 20.4. The minimum atomic E-state index is -0.506. The molecule has 2 aromatic carbocycles. The average molecular weight is 446 g/mol. The number of hydrogen-bond donors (Lipinski definition) is 1. The maximum Gasteiger partial charge on any atom is 0.262 e. The van der Waals surface area contributed by atoms with Crippen LogP contribution < -0.4 is 10.9 Å². The molecule has 10 heteroatoms. The van der Waals surface area contributed by atoms with Gasteiger partial charge in [-0.05, 0) is 36.8 Å². The van der Waals surface area contributed by atoms with Crippen LogP contribution in [0.1, 0.15) is 13.3 Å². The minimum absolute atomic E-state index is 0.00983. The molecule has 0 radical (unpaired) electrons. The highest BCUT2D eigenvalue weighted by molar-refractivity contribution is 7.99. The SMILES string of the molecule is CCCn1c(=O)c2ccc(Cl)cc2n2c(SCC(=O)Nc3ccccc3F)nnc12. The monoisotopic (exact) mass is 445 g/mol. The fourth-order valence-corrected chi connectivity index (χ4v) is 4.06. The van der Waals surface area contributed by atoms with Gasteiger partial charge in [-0.25, -0.2) is 4.39 Å². The van der Waals surface area contributed by atoms with E-state index in [4.69, 9.17) is 11.6 Å². The number of nitrogens with zero attached hydrogens (tertiary/aromatic N) is 4. The third-order valence-corrected chi connectivity index (χ3v) is 5.63. The Balaban J connectivity index is 1.70. The molecule has 30 heavy (non-hydrogen) atoms. The predicted molar refractivity (Wildman–Crippen MR) is 116 cm³/mol. The van der Waals surface area contributed by atoms with Crippen LogP contribution in [0.15, 0.2) is 52.4 Å². The highest BCUT2D eigenvalue weighted by Gasteiger charge is 2.18. The number of halogens is 2. The Bertz CT molecular complexity index is 1320. The first-order valence-corrected chi connectivity index (χ1v) is 10.6. The second-order valence-corrected chi connectivity index (χ2v) is 7.93. The summed E-state index contributed by atoms with van der Waals surface area (Å²) in [6, 6.07) is 11.0. The second kappa shape index (κ2) is 8.45. The van der Waals surface area contributed by atoms with Gasteiger partial charge in [-0.3, -0.25) is 18.6 Å². The third-order valence-electron chi connectivity index (χ3n) is 4.46. The van der Waals surface area contributed by atoms with Gasteiger partial charge in [-0.1, -0.05) is 42.4 Å². The van der Waals surface area contributed by atoms with E-state index in [-0.39, 0.29) is 22.9 Å². The molecular weight excluding hydrogens is 429 g/mol. The molecule has 0 saturated heterocycles. The Morgan fingerprint density at radius 2 is 2.03 bits per heavy atom. The van der Waals surface area contributed by atoms with E-state index in [0.29, 0.717) is 33.4 Å². The molecule has 4 aromatic rings. The van der Waals surface area contributed by atoms with Crippen molar-refractivity contribution in [1.29, 1.82) is 0 Å². The average Bonchev–Trinajstić information content (AvgIpc) is 3.15. The zero-order valence-corrected chi connectivity index (χ0v) is 17.5. The number of aromatic nitrogens is 4. The van der Waals surface area contributed by atoms with E-state index >= 15 is 0 Å². The van der Waals surface area contributed by atoms with E-state index < -0.39 is 5.82 Å². The number of fused-ring (bicyclic) bond motifs is 3. The first-order chi connectivity index (χ1) is 14.5. The van der Waals surface area contributed by atoms with Gasteiger partial charge in [-0.15, -0.1) is 10.2 Å². The van der Waals surface area contributed by atoms with Crippen LogP contribution in [0.5, 0.6) is 0 Å². The molecule has 2 heterocycles. The summed E-state index contributed by atoms with van der Waals surface area (Å²) in [6.07, 6.45) is 0.745. The number of anilines is 1. The van der Waals surface area contributed by atoms with Gasteiger partial charge in [0.05, 0.1) is 22.3 Å². The van der Waals surface area contributed by atoms with Gasteiger partial charge in [0.25, 0.3) is 5.56 Å². The summed E-state index contributed by atoms with van der Waals surface area (Å²) in [7, 11) is 0. The summed E-state index contributed by atoms with van der Waals surface area (Å²) in [5.74, 6) is -0.517. The lowest BCUT2D eigenvalue weighted by Gasteiger charge is -2.11. The van der Waals surface area contributed by atoms with Crippen LogP contribution in [-0.4, -0.2) is 30.8 Å². The van der Waals surface area contributed by atoms with E-state index in [9.17, 15) is 14.0 Å². The first-order valence-electron chi connectivity index (χ1n) is 9.24. The Kier molecular flexibility index (Phi) is 5.74. The summed E-state index contributed by atoms with van der Waals surface area (Å²) in [4.78, 5) is 25.2. The molecule has 0 unspecified atom stereocenters. The van der Waals surface area contributed by atoms with Crippen molar-refractivity contribution >= 4 is 51.6 Å². The van der Waals surface area contributed by atoms with E-state index in [1.54, 1.807) is 39.3 Å². The van der Waals surface area contributed by atoms with Crippen LogP contribution in [0.3, 0.4) is 0 Å². The number of benzene rings is 2. The van der Waals surface area contributed by atoms with Crippen molar-refractivity contribution in [3.63, 3.8) is 0 Å². The quantitative estimate of drug-likeness (QED) is 0.454. The molecule has 0 aliphatic carbocycles. The molecule has 0 aliphatic heterocycles. The molecule has 0 spiro atoms. The van der Waals surface area contributed by atoms with Crippen LogP contribution in [-0.2, 0) is 11.3 Å². The number of thioether (sulfide) groups is 1. The molecule has 2 aromatic heterocycles. The highest BCUT2D eigenvalue weighted by atomic mass is 35.5. The molecule has 0 saturated carbocycles. The van der Waals surface area contributed by atoms with Crippen molar-refractivity contribution in [1.82, 2.24) is 19.2 Å². The van der Waals surface area contributed by atoms with E-state index in [0.717, 1.165) is 18.2 Å². The minimum Gasteiger partial charge on any atom is -0.323 e. The van der Waals surface area contributed by atoms with Gasteiger partial charge in [0.15, 0.2) is 5.16 Å². The molecule has 7 nitrogen and oxygen atoms in total. The van der Waals surface area contributed by atoms with E-state index in [2.05, 4.69) is 15.5 Å². The Morgan fingerprint density at radius 1 is 1.23 bits per heavy atom. The molecule has 0 aliphatic rings. The number of amides is 1. The topological polar surface area (TPSA) is 81.3 Å². The fourth-order valence-electron chi connectivity index (χ4n) is 3.15. The van der Waals surface area contributed by atoms with Gasteiger partial charge >= 0.3 is 0 Å². The number of hydrogen-bond acceptors (Lipinski definition) is 5. The smallest absolute Gasteiger partial charge is 0.262 e. The highest BCUT2D eigenvalue weighted by Crippen LogP contribution is 2.24. The summed E-state index contributed by atoms with van der Waals surface area (Å²) in [6.45, 7) is 2.45. The maximum absolute atomic E-state index is 13.7. The van der Waals surface area contributed by atoms with Crippen LogP contribution in [0.4, 0.5) is 10.1 Å². The zero-order chi connectivity index (χ0) is 21.3. The lowest BCUT2D eigenvalue weighted by molar-refractivity contribution is -0.113. The molecule has 0 bridgehead atoms. The Labute approximate surface area is 179 Å². The number of carbonyl (C=O) groups excluding carboxylic acids is 1. The molecule has 1 amide bonds. The number of para-hydroxylation sites is 1. The Morgan fingerprint density at radius 3 is 2.80 bits per heavy atom. The van der Waals surface area contributed by atoms with Crippen molar-refractivity contribution in [2.24, 2.45) is 0 Å². The van der Waals surface area contributed by atoms with Crippen molar-refractivity contribution in [2.75, 3.05) is 11.1 Å². The van der Waals surface area contributed by atoms with Crippen molar-refractivity contribution < 1.29 is 9.18 Å². The van der Waals surface area contributed by atoms with Crippen molar-refractivity contribution in [2.45, 2.75) is 25.0 Å². The third kappa shape index (κ3) is 3.78. The van der Waals surface area contributed by atoms with Crippen LogP contribution in [0, 0.1) is 5.82 Å². The molecule has 154 valence electrons. The van der Waals surface area contributed by atoms with Crippen molar-refractivity contribution in [3.8, 4) is 0 Å². The van der Waals surface area contributed by atoms with Crippen LogP contribution >= 0.6 is 23.4 Å². The predicted octanol–water partition coefficient (Wildman–Crippen LogP) is 3.98. The van der Waals surface area contributed by atoms with Gasteiger partial charge in [-0.2, -0.15) is 0 Å². The summed E-state index contributed by atoms with van der Waals surface area (Å²) in [5, 5.41) is 12.3. The largest absolute Gasteiger partial charge is 0.323 e. The normalized spacial score (nSPS) is 11.3. The number of nitrogens with one attached hydrogen (secondary N) is 1. The fraction of sp³-hybridized carbons (Fsp3) is 0.200. The number of carbonyl (C=O) groups is 1. The van der Waals surface area contributed by atoms with Gasteiger partial charge < -0.3 is 5.32 Å². The van der Waals surface area contributed by atoms with Crippen LogP contribution in [0.25, 0.3) is 16.7 Å². The standard InChI is InChI=1S/C20H17ClFN5O2S/c1-2-9-26-18(29)13-8-7-12(21)10-16(13)27-19(26)24-25-20(27)30-11-17(28)23-15-6-4-3-5-14(15)22/h3-8,10H,2,9,11H2,1H3,(H,23,28). The molecule has 1 N–H and O–H groups in total. The van der Waals surface area contributed by atoms with Gasteiger partial charge in [0, 0.05) is 11.6 Å². The summed E-state index contributed by atoms with van der Waals surface area (Å²) >= 11 is 7.29. The number of aryl methyl sites for hydroxylation is 1. The lowest BCUT2D eigenvalue weighted by Crippen LogP contribution is -2.23. The molecule has 4 rings (SSSR count). The molecule has 0 atom stereocenters. The second-order valence-electron chi connectivity index (χ2n) is 6.55. The Hall–Kier alpha value is -2.91. The molecule has 0 fully saturated rings. The lowest BCUT2D eigenvalue weighted by atomic mass is 10.2. The van der Waals surface area contributed by atoms with E-state index in [1.807, 2.05) is 6.92 Å². The number of rotatable bonds is 6. The summed E-state index contributed by atoms with van der Waals surface area (Å²) in [5.41, 5.74) is 0.511. The van der Waals surface area contributed by atoms with Crippen LogP contribution in [0.2, 0.25) is 5.02 Å². The molecular formula is C20H17ClFN5O2S. The maximum atomic E-state index is 13.7. The van der Waals surface area contributed by atoms with Gasteiger partial charge in [0.2, 0.25) is 11.7 Å². The zero-order valence-electron chi connectivity index (χ0n) is 15.9. The van der Waals surface area contributed by atoms with Crippen molar-refractivity contribution in [3.05, 3.63) is 63.7 Å².